The van der Waals surface area contributed by atoms with Crippen LogP contribution in [-0.4, -0.2) is 78.4 Å². The van der Waals surface area contributed by atoms with Gasteiger partial charge in [-0.15, -0.1) is 11.3 Å². The van der Waals surface area contributed by atoms with Gasteiger partial charge in [0.1, 0.15) is 11.9 Å². The summed E-state index contributed by atoms with van der Waals surface area (Å²) in [5.74, 6) is -2.01. The number of nitrogens with zero attached hydrogens (tertiary/aromatic N) is 2. The van der Waals surface area contributed by atoms with Crippen molar-refractivity contribution >= 4 is 68.3 Å². The molecule has 6 N–H and O–H groups in total. The fraction of sp³-hybridized carbons (Fsp3) is 0.296. The highest BCUT2D eigenvalue weighted by atomic mass is 79.9. The zero-order valence-electron chi connectivity index (χ0n) is 22.6. The van der Waals surface area contributed by atoms with Crippen molar-refractivity contribution in [3.8, 4) is 16.2 Å². The number of carboxylic acids is 2. The molecule has 1 saturated heterocycles. The first-order chi connectivity index (χ1) is 20.1. The topological polar surface area (TPSA) is 182 Å². The van der Waals surface area contributed by atoms with Gasteiger partial charge in [-0.3, -0.25) is 4.79 Å². The van der Waals surface area contributed by atoms with E-state index in [0.717, 1.165) is 17.0 Å². The Hall–Kier alpha value is -4.37. The third-order valence-corrected chi connectivity index (χ3v) is 8.74. The minimum atomic E-state index is -1.22. The van der Waals surface area contributed by atoms with Crippen molar-refractivity contribution in [2.75, 3.05) is 42.8 Å². The molecule has 1 aliphatic rings. The highest BCUT2D eigenvalue weighted by molar-refractivity contribution is 9.10. The zero-order valence-corrected chi connectivity index (χ0v) is 25.0. The third-order valence-electron chi connectivity index (χ3n) is 6.52. The van der Waals surface area contributed by atoms with Crippen molar-refractivity contribution in [2.45, 2.75) is 24.9 Å². The molecule has 3 aromatic rings. The number of benzene rings is 1. The quantitative estimate of drug-likeness (QED) is 0.188. The lowest BCUT2D eigenvalue weighted by molar-refractivity contribution is -0.139. The first-order valence-corrected chi connectivity index (χ1v) is 14.4. The first-order valence-electron chi connectivity index (χ1n) is 12.8. The predicted octanol–water partition coefficient (Wildman–Crippen LogP) is 3.68. The molecule has 0 bridgehead atoms. The van der Waals surface area contributed by atoms with Gasteiger partial charge in [0, 0.05) is 32.4 Å². The summed E-state index contributed by atoms with van der Waals surface area (Å²) in [6.07, 6.45) is 2.73. The van der Waals surface area contributed by atoms with Gasteiger partial charge >= 0.3 is 18.0 Å². The molecule has 0 aliphatic carbocycles. The van der Waals surface area contributed by atoms with Gasteiger partial charge in [-0.25, -0.2) is 19.4 Å². The highest BCUT2D eigenvalue weighted by Gasteiger charge is 2.34. The van der Waals surface area contributed by atoms with Gasteiger partial charge in [-0.1, -0.05) is 12.1 Å². The first kappa shape index (κ1) is 30.6. The summed E-state index contributed by atoms with van der Waals surface area (Å²) in [5.41, 5.74) is 2.01. The number of rotatable bonds is 10. The number of piperidine rings is 1. The largest absolute Gasteiger partial charge is 0.479 e. The predicted molar refractivity (Wildman–Crippen MR) is 162 cm³/mol. The van der Waals surface area contributed by atoms with Crippen molar-refractivity contribution in [1.29, 1.82) is 0 Å². The summed E-state index contributed by atoms with van der Waals surface area (Å²) in [6, 6.07) is 9.98. The highest BCUT2D eigenvalue weighted by Crippen LogP contribution is 2.46. The summed E-state index contributed by atoms with van der Waals surface area (Å²) < 4.78 is 5.62. The molecule has 0 spiro atoms. The lowest BCUT2D eigenvalue weighted by Crippen LogP contribution is -2.53. The smallest absolute Gasteiger partial charge is 0.349 e. The van der Waals surface area contributed by atoms with Crippen LogP contribution in [-0.2, 0) is 9.59 Å². The second kappa shape index (κ2) is 13.5. The molecule has 2 aromatic heterocycles. The SMILES string of the molecule is CNC(=O)Nc1ccc(N2CCC(Nc3cccc(-c4sc(C(=O)O)c(OCC(=O)O)c4Br)c3)CC2C(=O)NC)nc1. The molecule has 0 saturated carbocycles. The van der Waals surface area contributed by atoms with Crippen LogP contribution in [0.4, 0.5) is 22.0 Å². The maximum Gasteiger partial charge on any atom is 0.349 e. The van der Waals surface area contributed by atoms with Crippen LogP contribution in [0.25, 0.3) is 10.4 Å². The maximum absolute atomic E-state index is 12.9. The van der Waals surface area contributed by atoms with Crippen LogP contribution in [0, 0.1) is 0 Å². The number of pyridine rings is 1. The van der Waals surface area contributed by atoms with E-state index in [1.807, 2.05) is 29.2 Å². The van der Waals surface area contributed by atoms with E-state index >= 15 is 0 Å². The number of urea groups is 1. The summed E-state index contributed by atoms with van der Waals surface area (Å²) >= 11 is 4.37. The molecule has 0 radical (unpaired) electrons. The molecule has 1 aliphatic heterocycles. The number of hydrogen-bond donors (Lipinski definition) is 6. The molecule has 2 unspecified atom stereocenters. The summed E-state index contributed by atoms with van der Waals surface area (Å²) in [5, 5.41) is 30.0. The van der Waals surface area contributed by atoms with Crippen LogP contribution in [0.5, 0.6) is 5.75 Å². The van der Waals surface area contributed by atoms with Gasteiger partial charge in [-0.2, -0.15) is 0 Å². The normalized spacial score (nSPS) is 16.3. The number of hydrogen-bond acceptors (Lipinski definition) is 9. The molecule has 1 fully saturated rings. The molecule has 13 nitrogen and oxygen atoms in total. The van der Waals surface area contributed by atoms with Crippen molar-refractivity contribution in [2.24, 2.45) is 0 Å². The lowest BCUT2D eigenvalue weighted by Gasteiger charge is -2.39. The van der Waals surface area contributed by atoms with Gasteiger partial charge in [0.15, 0.2) is 17.2 Å². The molecule has 222 valence electrons. The Bertz CT molecular complexity index is 1480. The average molecular weight is 662 g/mol. The Balaban J connectivity index is 1.51. The Morgan fingerprint density at radius 3 is 2.55 bits per heavy atom. The Kier molecular flexibility index (Phi) is 9.85. The number of anilines is 3. The third kappa shape index (κ3) is 7.09. The lowest BCUT2D eigenvalue weighted by atomic mass is 9.95. The Morgan fingerprint density at radius 1 is 1.12 bits per heavy atom. The van der Waals surface area contributed by atoms with E-state index in [2.05, 4.69) is 42.2 Å². The number of carbonyl (C=O) groups excluding carboxylic acids is 2. The summed E-state index contributed by atoms with van der Waals surface area (Å²) in [4.78, 5) is 54.1. The number of ether oxygens (including phenoxy) is 1. The second-order valence-electron chi connectivity index (χ2n) is 9.27. The number of halogens is 1. The van der Waals surface area contributed by atoms with Gasteiger partial charge in [0.25, 0.3) is 0 Å². The van der Waals surface area contributed by atoms with Crippen molar-refractivity contribution in [1.82, 2.24) is 15.6 Å². The molecule has 42 heavy (non-hydrogen) atoms. The van der Waals surface area contributed by atoms with E-state index < -0.39 is 24.6 Å². The molecule has 15 heteroatoms. The van der Waals surface area contributed by atoms with Crippen molar-refractivity contribution < 1.29 is 34.1 Å². The van der Waals surface area contributed by atoms with Crippen LogP contribution in [0.2, 0.25) is 0 Å². The minimum Gasteiger partial charge on any atom is -0.479 e. The summed E-state index contributed by atoms with van der Waals surface area (Å²) in [7, 11) is 3.11. The zero-order chi connectivity index (χ0) is 30.4. The number of likely N-dealkylation sites (N-methyl/N-ethyl adjacent to an activating group) is 1. The van der Waals surface area contributed by atoms with Gasteiger partial charge < -0.3 is 41.1 Å². The van der Waals surface area contributed by atoms with Crippen LogP contribution in [0.3, 0.4) is 0 Å². The van der Waals surface area contributed by atoms with Crippen molar-refractivity contribution in [3.05, 3.63) is 51.9 Å². The average Bonchev–Trinajstić information content (AvgIpc) is 3.32. The molecular formula is C27H29BrN6O7S. The number of carbonyl (C=O) groups is 4. The van der Waals surface area contributed by atoms with Gasteiger partial charge in [-0.05, 0) is 58.6 Å². The Morgan fingerprint density at radius 2 is 1.90 bits per heavy atom. The molecule has 3 amide bonds. The van der Waals surface area contributed by atoms with E-state index in [1.165, 1.54) is 13.2 Å². The van der Waals surface area contributed by atoms with E-state index in [0.29, 0.717) is 45.8 Å². The standard InChI is InChI=1S/C27H29BrN6O7S/c1-29-25(37)18-11-16(8-9-34(18)19-7-6-17(12-31-19)33-27(40)30-2)32-15-5-3-4-14(10-15)23-21(28)22(41-13-20(35)36)24(42-23)26(38)39/h3-7,10,12,16,18,32H,8-9,11,13H2,1-2H3,(H,29,37)(H,35,36)(H,38,39)(H2,30,33,40). The van der Waals surface area contributed by atoms with Gasteiger partial charge in [0.05, 0.1) is 21.2 Å². The van der Waals surface area contributed by atoms with E-state index in [9.17, 15) is 24.3 Å². The van der Waals surface area contributed by atoms with E-state index in [-0.39, 0.29) is 28.6 Å². The van der Waals surface area contributed by atoms with Gasteiger partial charge in [0.2, 0.25) is 5.91 Å². The number of carboxylic acid groups (broad SMARTS) is 2. The fourth-order valence-corrected chi connectivity index (χ4v) is 6.47. The van der Waals surface area contributed by atoms with E-state index in [4.69, 9.17) is 9.84 Å². The fourth-order valence-electron chi connectivity index (χ4n) is 4.58. The number of amides is 3. The second-order valence-corrected chi connectivity index (χ2v) is 11.1. The Labute approximate surface area is 253 Å². The molecule has 3 heterocycles. The number of thiophene rings is 1. The van der Waals surface area contributed by atoms with Crippen LogP contribution >= 0.6 is 27.3 Å². The molecule has 4 rings (SSSR count). The number of aromatic nitrogens is 1. The number of aliphatic carboxylic acids is 1. The number of aromatic carboxylic acids is 1. The summed E-state index contributed by atoms with van der Waals surface area (Å²) in [6.45, 7) is -0.123. The number of nitrogens with one attached hydrogen (secondary N) is 4. The van der Waals surface area contributed by atoms with Crippen molar-refractivity contribution in [3.63, 3.8) is 0 Å². The van der Waals surface area contributed by atoms with E-state index in [1.54, 1.807) is 19.2 Å². The monoisotopic (exact) mass is 660 g/mol. The van der Waals surface area contributed by atoms with Crippen LogP contribution in [0.15, 0.2) is 47.1 Å². The van der Waals surface area contributed by atoms with Crippen LogP contribution < -0.4 is 30.9 Å². The minimum absolute atomic E-state index is 0.0323. The molecular weight excluding hydrogens is 632 g/mol. The molecule has 1 aromatic carbocycles. The maximum atomic E-state index is 12.9. The molecule has 2 atom stereocenters. The van der Waals surface area contributed by atoms with Crippen LogP contribution in [0.1, 0.15) is 22.5 Å².